The van der Waals surface area contributed by atoms with Crippen molar-refractivity contribution in [2.24, 2.45) is 0 Å². The van der Waals surface area contributed by atoms with Gasteiger partial charge in [0.25, 0.3) is 0 Å². The van der Waals surface area contributed by atoms with Crippen molar-refractivity contribution in [1.82, 2.24) is 4.72 Å². The summed E-state index contributed by atoms with van der Waals surface area (Å²) in [6, 6.07) is 2.95. The van der Waals surface area contributed by atoms with Gasteiger partial charge in [0.1, 0.15) is 0 Å². The van der Waals surface area contributed by atoms with Crippen LogP contribution in [-0.4, -0.2) is 26.5 Å². The topological polar surface area (TPSA) is 72.2 Å². The number of sulfonamides is 1. The Kier molecular flexibility index (Phi) is 6.19. The van der Waals surface area contributed by atoms with Gasteiger partial charge in [-0.05, 0) is 24.6 Å². The number of nitrogens with one attached hydrogen (secondary N) is 1. The van der Waals surface area contributed by atoms with Crippen LogP contribution in [0.5, 0.6) is 0 Å². The Morgan fingerprint density at radius 3 is 2.84 bits per heavy atom. The Balaban J connectivity index is 2.80. The second kappa shape index (κ2) is 7.19. The van der Waals surface area contributed by atoms with E-state index in [1.807, 2.05) is 0 Å². The molecule has 3 N–H and O–H groups in total. The van der Waals surface area contributed by atoms with Crippen LogP contribution in [0.25, 0.3) is 0 Å². The molecule has 4 nitrogen and oxygen atoms in total. The second-order valence-electron chi connectivity index (χ2n) is 3.88. The van der Waals surface area contributed by atoms with Crippen molar-refractivity contribution in [1.29, 1.82) is 0 Å². The normalized spacial score (nSPS) is 11.5. The van der Waals surface area contributed by atoms with Crippen LogP contribution < -0.4 is 10.5 Å². The van der Waals surface area contributed by atoms with Gasteiger partial charge in [-0.25, -0.2) is 13.1 Å². The molecule has 1 aromatic carbocycles. The van der Waals surface area contributed by atoms with Crippen LogP contribution in [0.2, 0.25) is 5.02 Å². The molecule has 0 bridgehead atoms. The third-order valence-electron chi connectivity index (χ3n) is 2.43. The van der Waals surface area contributed by atoms with Gasteiger partial charge in [0.05, 0.1) is 4.90 Å². The van der Waals surface area contributed by atoms with Gasteiger partial charge >= 0.3 is 0 Å². The summed E-state index contributed by atoms with van der Waals surface area (Å²) in [5, 5.41) is 0.310. The molecular formula is C12H17ClN2O2S2. The van der Waals surface area contributed by atoms with Gasteiger partial charge in [0.2, 0.25) is 10.0 Å². The largest absolute Gasteiger partial charge is 0.398 e. The zero-order chi connectivity index (χ0) is 14.5. The third-order valence-corrected chi connectivity index (χ3v) is 5.20. The monoisotopic (exact) mass is 320 g/mol. The summed E-state index contributed by atoms with van der Waals surface area (Å²) in [6.45, 7) is 5.61. The van der Waals surface area contributed by atoms with Gasteiger partial charge in [-0.3, -0.25) is 0 Å². The summed E-state index contributed by atoms with van der Waals surface area (Å²) >= 11 is 7.45. The van der Waals surface area contributed by atoms with Gasteiger partial charge in [0.15, 0.2) is 0 Å². The molecule has 0 heterocycles. The van der Waals surface area contributed by atoms with Crippen LogP contribution in [0.4, 0.5) is 5.69 Å². The average Bonchev–Trinajstić information content (AvgIpc) is 2.33. The van der Waals surface area contributed by atoms with Crippen LogP contribution in [0.15, 0.2) is 29.7 Å². The number of halogens is 1. The number of rotatable bonds is 7. The zero-order valence-corrected chi connectivity index (χ0v) is 13.0. The van der Waals surface area contributed by atoms with Crippen molar-refractivity contribution in [2.45, 2.75) is 11.8 Å². The number of thioether (sulfide) groups is 1. The van der Waals surface area contributed by atoms with Crippen LogP contribution in [0.3, 0.4) is 0 Å². The van der Waals surface area contributed by atoms with E-state index in [1.54, 1.807) is 24.8 Å². The molecule has 0 amide bonds. The molecule has 0 aliphatic heterocycles. The van der Waals surface area contributed by atoms with Crippen molar-refractivity contribution in [3.8, 4) is 0 Å². The molecule has 0 spiro atoms. The fourth-order valence-electron chi connectivity index (χ4n) is 1.45. The third kappa shape index (κ3) is 4.72. The first-order valence-electron chi connectivity index (χ1n) is 5.62. The fourth-order valence-corrected chi connectivity index (χ4v) is 3.78. The Morgan fingerprint density at radius 1 is 1.53 bits per heavy atom. The maximum Gasteiger partial charge on any atom is 0.240 e. The predicted molar refractivity (Wildman–Crippen MR) is 83.3 cm³/mol. The van der Waals surface area contributed by atoms with E-state index in [0.29, 0.717) is 28.6 Å². The van der Waals surface area contributed by atoms with Gasteiger partial charge in [-0.15, -0.1) is 6.58 Å². The Morgan fingerprint density at radius 2 is 2.21 bits per heavy atom. The first-order chi connectivity index (χ1) is 8.88. The number of nitrogen functional groups attached to an aromatic ring is 1. The molecule has 0 fully saturated rings. The summed E-state index contributed by atoms with van der Waals surface area (Å²) in [5.74, 6) is 1.48. The van der Waals surface area contributed by atoms with Gasteiger partial charge in [-0.2, -0.15) is 11.8 Å². The highest BCUT2D eigenvalue weighted by Gasteiger charge is 2.18. The van der Waals surface area contributed by atoms with E-state index in [1.165, 1.54) is 12.1 Å². The van der Waals surface area contributed by atoms with Crippen LogP contribution >= 0.6 is 23.4 Å². The van der Waals surface area contributed by atoms with Crippen molar-refractivity contribution >= 4 is 39.1 Å². The van der Waals surface area contributed by atoms with Gasteiger partial charge in [0, 0.05) is 28.8 Å². The van der Waals surface area contributed by atoms with Crippen molar-refractivity contribution in [3.63, 3.8) is 0 Å². The predicted octanol–water partition coefficient (Wildman–Crippen LogP) is 2.43. The summed E-state index contributed by atoms with van der Waals surface area (Å²) < 4.78 is 26.8. The number of nitrogens with two attached hydrogens (primary N) is 1. The van der Waals surface area contributed by atoms with Gasteiger partial charge < -0.3 is 5.73 Å². The highest BCUT2D eigenvalue weighted by molar-refractivity contribution is 7.99. The lowest BCUT2D eigenvalue weighted by Crippen LogP contribution is -2.27. The van der Waals surface area contributed by atoms with Crippen LogP contribution in [-0.2, 0) is 10.0 Å². The minimum atomic E-state index is -3.58. The Labute approximate surface area is 123 Å². The first kappa shape index (κ1) is 16.4. The van der Waals surface area contributed by atoms with E-state index in [4.69, 9.17) is 17.3 Å². The molecule has 0 aliphatic carbocycles. The standard InChI is InChI=1S/C12H17ClN2O2S2/c1-3-5-18-6-4-15-19(16,17)12-8-10(13)7-11(14)9(12)2/h3,7-8,15H,1,4-6,14H2,2H3. The minimum absolute atomic E-state index is 0.131. The summed E-state index contributed by atoms with van der Waals surface area (Å²) in [4.78, 5) is 0.131. The SMILES string of the molecule is C=CCSCCNS(=O)(=O)c1cc(Cl)cc(N)c1C. The maximum atomic E-state index is 12.1. The molecule has 7 heteroatoms. The lowest BCUT2D eigenvalue weighted by molar-refractivity contribution is 0.583. The second-order valence-corrected chi connectivity index (χ2v) is 7.20. The van der Waals surface area contributed by atoms with E-state index in [-0.39, 0.29) is 4.90 Å². The van der Waals surface area contributed by atoms with Crippen LogP contribution in [0.1, 0.15) is 5.56 Å². The Hall–Kier alpha value is -0.690. The molecule has 0 aliphatic rings. The van der Waals surface area contributed by atoms with Crippen molar-refractivity contribution in [3.05, 3.63) is 35.4 Å². The smallest absolute Gasteiger partial charge is 0.240 e. The summed E-state index contributed by atoms with van der Waals surface area (Å²) in [7, 11) is -3.58. The summed E-state index contributed by atoms with van der Waals surface area (Å²) in [5.41, 5.74) is 6.60. The molecule has 0 saturated heterocycles. The quantitative estimate of drug-likeness (QED) is 0.460. The molecule has 1 rings (SSSR count). The number of hydrogen-bond acceptors (Lipinski definition) is 4. The van der Waals surface area contributed by atoms with E-state index in [2.05, 4.69) is 11.3 Å². The highest BCUT2D eigenvalue weighted by atomic mass is 35.5. The molecule has 0 unspecified atom stereocenters. The average molecular weight is 321 g/mol. The highest BCUT2D eigenvalue weighted by Crippen LogP contribution is 2.25. The van der Waals surface area contributed by atoms with Gasteiger partial charge in [-0.1, -0.05) is 17.7 Å². The molecule has 1 aromatic rings. The van der Waals surface area contributed by atoms with Crippen molar-refractivity contribution < 1.29 is 8.42 Å². The molecule has 0 saturated carbocycles. The van der Waals surface area contributed by atoms with E-state index < -0.39 is 10.0 Å². The van der Waals surface area contributed by atoms with E-state index >= 15 is 0 Å². The molecule has 0 radical (unpaired) electrons. The number of anilines is 1. The van der Waals surface area contributed by atoms with E-state index in [0.717, 1.165) is 5.75 Å². The Bertz CT molecular complexity index is 559. The van der Waals surface area contributed by atoms with Crippen molar-refractivity contribution in [2.75, 3.05) is 23.8 Å². The number of benzene rings is 1. The molecule has 0 atom stereocenters. The first-order valence-corrected chi connectivity index (χ1v) is 8.64. The molecule has 106 valence electrons. The lowest BCUT2D eigenvalue weighted by atomic mass is 10.2. The molecule has 19 heavy (non-hydrogen) atoms. The maximum absolute atomic E-state index is 12.1. The minimum Gasteiger partial charge on any atom is -0.398 e. The lowest BCUT2D eigenvalue weighted by Gasteiger charge is -2.11. The molecular weight excluding hydrogens is 304 g/mol. The number of hydrogen-bond donors (Lipinski definition) is 2. The van der Waals surface area contributed by atoms with E-state index in [9.17, 15) is 8.42 Å². The van der Waals surface area contributed by atoms with Crippen LogP contribution in [0, 0.1) is 6.92 Å². The zero-order valence-electron chi connectivity index (χ0n) is 10.6. The fraction of sp³-hybridized carbons (Fsp3) is 0.333. The molecule has 0 aromatic heterocycles. The summed E-state index contributed by atoms with van der Waals surface area (Å²) in [6.07, 6.45) is 1.78.